The Balaban J connectivity index is 2.19. The molecule has 0 amide bonds. The number of hydrogen-bond acceptors (Lipinski definition) is 1. The molecule has 2 atom stereocenters. The van der Waals surface area contributed by atoms with Gasteiger partial charge in [-0.3, -0.25) is 5.09 Å². The third-order valence-corrected chi connectivity index (χ3v) is 3.45. The molecular weight excluding hydrogens is 81.0 g/mol. The quantitative estimate of drug-likeness (QED) is 0.421. The molecular formula is C3H6NP. The van der Waals surface area contributed by atoms with E-state index in [1.165, 1.54) is 18.4 Å². The van der Waals surface area contributed by atoms with E-state index in [0.29, 0.717) is 8.07 Å². The minimum Gasteiger partial charge on any atom is -0.295 e. The van der Waals surface area contributed by atoms with Crippen LogP contribution < -0.4 is 5.09 Å². The molecule has 0 aromatic rings. The summed E-state index contributed by atoms with van der Waals surface area (Å²) in [4.78, 5) is 0. The molecule has 1 nitrogen and oxygen atoms in total. The molecule has 0 saturated carbocycles. The Morgan fingerprint density at radius 2 is 2.60 bits per heavy atom. The standard InChI is InChI=1S/C3H6NP/c1-3-2-5(3)4-1/h3-4H,1-2H2. The molecule has 2 saturated heterocycles. The lowest BCUT2D eigenvalue weighted by Gasteiger charge is -2.08. The van der Waals surface area contributed by atoms with Gasteiger partial charge in [0.15, 0.2) is 0 Å². The Kier molecular flexibility index (Phi) is 0.291. The Bertz CT molecular complexity index is 51.9. The molecule has 2 heteroatoms. The van der Waals surface area contributed by atoms with Gasteiger partial charge in [0.1, 0.15) is 0 Å². The maximum absolute atomic E-state index is 3.35. The summed E-state index contributed by atoms with van der Waals surface area (Å²) in [5.74, 6) is 0. The predicted octanol–water partition coefficient (Wildman–Crippen LogP) is 0.369. The minimum atomic E-state index is 0.499. The molecule has 0 radical (unpaired) electrons. The molecule has 0 bridgehead atoms. The molecule has 2 aliphatic heterocycles. The van der Waals surface area contributed by atoms with E-state index in [0.717, 1.165) is 0 Å². The molecule has 0 aromatic carbocycles. The van der Waals surface area contributed by atoms with Crippen molar-refractivity contribution in [2.75, 3.05) is 12.7 Å². The molecule has 2 aliphatic rings. The monoisotopic (exact) mass is 87.0 g/mol. The summed E-state index contributed by atoms with van der Waals surface area (Å²) in [6.45, 7) is 1.34. The van der Waals surface area contributed by atoms with Crippen LogP contribution in [0.15, 0.2) is 0 Å². The van der Waals surface area contributed by atoms with Crippen LogP contribution in [0.3, 0.4) is 0 Å². The minimum absolute atomic E-state index is 0.499. The van der Waals surface area contributed by atoms with E-state index in [1.54, 1.807) is 0 Å². The molecule has 0 aromatic heterocycles. The lowest BCUT2D eigenvalue weighted by molar-refractivity contribution is 0.903. The van der Waals surface area contributed by atoms with E-state index < -0.39 is 0 Å². The average molecular weight is 87.1 g/mol. The van der Waals surface area contributed by atoms with Crippen molar-refractivity contribution in [3.63, 3.8) is 0 Å². The van der Waals surface area contributed by atoms with Crippen molar-refractivity contribution in [3.05, 3.63) is 0 Å². The average Bonchev–Trinajstić information content (AvgIpc) is 1.74. The van der Waals surface area contributed by atoms with E-state index in [2.05, 4.69) is 5.09 Å². The molecule has 0 spiro atoms. The van der Waals surface area contributed by atoms with E-state index in [9.17, 15) is 0 Å². The SMILES string of the molecule is C1NP2CC12. The maximum atomic E-state index is 3.35. The molecule has 2 heterocycles. The first-order valence-electron chi connectivity index (χ1n) is 1.97. The van der Waals surface area contributed by atoms with E-state index in [1.807, 2.05) is 0 Å². The van der Waals surface area contributed by atoms with E-state index in [4.69, 9.17) is 0 Å². The van der Waals surface area contributed by atoms with Gasteiger partial charge in [-0.15, -0.1) is 0 Å². The van der Waals surface area contributed by atoms with Crippen molar-refractivity contribution in [2.45, 2.75) is 5.66 Å². The first kappa shape index (κ1) is 2.54. The fraction of sp³-hybridized carbons (Fsp3) is 1.00. The highest BCUT2D eigenvalue weighted by Gasteiger charge is 2.44. The van der Waals surface area contributed by atoms with Gasteiger partial charge in [0, 0.05) is 12.2 Å². The highest BCUT2D eigenvalue weighted by Crippen LogP contribution is 2.61. The summed E-state index contributed by atoms with van der Waals surface area (Å²) in [5.41, 5.74) is 1.19. The summed E-state index contributed by atoms with van der Waals surface area (Å²) < 4.78 is 0. The largest absolute Gasteiger partial charge is 0.295 e. The maximum Gasteiger partial charge on any atom is 0.0101 e. The summed E-state index contributed by atoms with van der Waals surface area (Å²) in [6.07, 6.45) is 1.54. The third kappa shape index (κ3) is 0.193. The number of nitrogens with one attached hydrogen (secondary N) is 1. The molecule has 28 valence electrons. The lowest BCUT2D eigenvalue weighted by atomic mass is 10.5. The van der Waals surface area contributed by atoms with Gasteiger partial charge in [0.25, 0.3) is 0 Å². The zero-order valence-corrected chi connectivity index (χ0v) is 3.83. The molecule has 2 fully saturated rings. The van der Waals surface area contributed by atoms with Crippen molar-refractivity contribution in [1.29, 1.82) is 0 Å². The fourth-order valence-electron chi connectivity index (χ4n) is 0.658. The Hall–Kier alpha value is 0.390. The third-order valence-electron chi connectivity index (χ3n) is 1.24. The Morgan fingerprint density at radius 3 is 2.60 bits per heavy atom. The first-order chi connectivity index (χ1) is 2.47. The van der Waals surface area contributed by atoms with Crippen LogP contribution in [0.5, 0.6) is 0 Å². The topological polar surface area (TPSA) is 12.0 Å². The van der Waals surface area contributed by atoms with Gasteiger partial charge in [-0.2, -0.15) is 0 Å². The second-order valence-corrected chi connectivity index (χ2v) is 4.02. The van der Waals surface area contributed by atoms with Crippen molar-refractivity contribution < 1.29 is 0 Å². The molecule has 5 heavy (non-hydrogen) atoms. The van der Waals surface area contributed by atoms with Crippen LogP contribution in [0.1, 0.15) is 0 Å². The van der Waals surface area contributed by atoms with Gasteiger partial charge >= 0.3 is 0 Å². The summed E-state index contributed by atoms with van der Waals surface area (Å²) >= 11 is 0. The first-order valence-corrected chi connectivity index (χ1v) is 3.56. The zero-order valence-electron chi connectivity index (χ0n) is 2.94. The predicted molar refractivity (Wildman–Crippen MR) is 23.6 cm³/mol. The van der Waals surface area contributed by atoms with Crippen LogP contribution in [0.2, 0.25) is 0 Å². The van der Waals surface area contributed by atoms with Gasteiger partial charge in [0.05, 0.1) is 0 Å². The molecule has 0 aliphatic carbocycles. The van der Waals surface area contributed by atoms with Crippen LogP contribution >= 0.6 is 8.07 Å². The van der Waals surface area contributed by atoms with Crippen LogP contribution in [0, 0.1) is 0 Å². The number of hydrogen-bond donors (Lipinski definition) is 1. The summed E-state index contributed by atoms with van der Waals surface area (Å²) in [7, 11) is 0.499. The second kappa shape index (κ2) is 0.572. The number of fused-ring (bicyclic) bond motifs is 1. The smallest absolute Gasteiger partial charge is 0.0101 e. The fourth-order valence-corrected chi connectivity index (χ4v) is 2.22. The second-order valence-electron chi connectivity index (χ2n) is 1.67. The van der Waals surface area contributed by atoms with Crippen LogP contribution in [-0.2, 0) is 0 Å². The number of rotatable bonds is 0. The highest BCUT2D eigenvalue weighted by atomic mass is 31.1. The van der Waals surface area contributed by atoms with E-state index in [-0.39, 0.29) is 0 Å². The summed E-state index contributed by atoms with van der Waals surface area (Å²) in [6, 6.07) is 0. The van der Waals surface area contributed by atoms with Gasteiger partial charge < -0.3 is 0 Å². The van der Waals surface area contributed by atoms with Crippen molar-refractivity contribution in [1.82, 2.24) is 5.09 Å². The van der Waals surface area contributed by atoms with Gasteiger partial charge in [-0.25, -0.2) is 0 Å². The van der Waals surface area contributed by atoms with Crippen LogP contribution in [0.25, 0.3) is 0 Å². The van der Waals surface area contributed by atoms with Crippen molar-refractivity contribution >= 4 is 8.07 Å². The normalized spacial score (nSPS) is 57.6. The van der Waals surface area contributed by atoms with Gasteiger partial charge in [-0.1, -0.05) is 0 Å². The van der Waals surface area contributed by atoms with Crippen molar-refractivity contribution in [2.24, 2.45) is 0 Å². The molecule has 1 N–H and O–H groups in total. The van der Waals surface area contributed by atoms with Crippen LogP contribution in [-0.4, -0.2) is 18.4 Å². The van der Waals surface area contributed by atoms with Crippen LogP contribution in [0.4, 0.5) is 0 Å². The van der Waals surface area contributed by atoms with E-state index >= 15 is 0 Å². The van der Waals surface area contributed by atoms with Gasteiger partial charge in [0.2, 0.25) is 0 Å². The summed E-state index contributed by atoms with van der Waals surface area (Å²) in [5, 5.41) is 3.35. The highest BCUT2D eigenvalue weighted by molar-refractivity contribution is 7.66. The zero-order chi connectivity index (χ0) is 3.28. The van der Waals surface area contributed by atoms with Gasteiger partial charge in [-0.05, 0) is 14.2 Å². The Labute approximate surface area is 32.6 Å². The van der Waals surface area contributed by atoms with Crippen molar-refractivity contribution in [3.8, 4) is 0 Å². The Morgan fingerprint density at radius 1 is 1.80 bits per heavy atom. The lowest BCUT2D eigenvalue weighted by Crippen LogP contribution is -2.18. The molecule has 2 rings (SSSR count). The molecule has 2 unspecified atom stereocenters.